The normalized spacial score (nSPS) is 11.5. The first-order valence-corrected chi connectivity index (χ1v) is 6.54. The van der Waals surface area contributed by atoms with E-state index in [2.05, 4.69) is 15.2 Å². The molecule has 2 N–H and O–H groups in total. The Kier molecular flexibility index (Phi) is 3.34. The maximum absolute atomic E-state index is 9.84. The number of aromatic nitrogens is 2. The Morgan fingerprint density at radius 1 is 1.20 bits per heavy atom. The van der Waals surface area contributed by atoms with E-state index in [9.17, 15) is 5.11 Å². The van der Waals surface area contributed by atoms with Crippen LogP contribution in [0.25, 0.3) is 10.9 Å². The number of phenols is 1. The molecule has 1 aromatic heterocycles. The van der Waals surface area contributed by atoms with Gasteiger partial charge in [-0.1, -0.05) is 23.2 Å². The number of hydrogen-bond donors (Lipinski definition) is 2. The minimum absolute atomic E-state index is 0.0378. The number of aromatic amines is 1. The topological polar surface area (TPSA) is 61.3 Å². The molecule has 3 rings (SSSR count). The van der Waals surface area contributed by atoms with Crippen LogP contribution in [0.4, 0.5) is 5.69 Å². The predicted octanol–water partition coefficient (Wildman–Crippen LogP) is 4.33. The van der Waals surface area contributed by atoms with Crippen LogP contribution in [0.15, 0.2) is 41.5 Å². The molecule has 0 saturated carbocycles. The monoisotopic (exact) mass is 305 g/mol. The van der Waals surface area contributed by atoms with E-state index in [0.717, 1.165) is 16.6 Å². The van der Waals surface area contributed by atoms with Crippen LogP contribution >= 0.6 is 23.2 Å². The van der Waals surface area contributed by atoms with Crippen molar-refractivity contribution >= 4 is 46.0 Å². The van der Waals surface area contributed by atoms with E-state index in [1.807, 2.05) is 18.2 Å². The van der Waals surface area contributed by atoms with Gasteiger partial charge in [-0.25, -0.2) is 0 Å². The smallest absolute Gasteiger partial charge is 0.143 e. The molecule has 0 fully saturated rings. The molecule has 0 atom stereocenters. The molecule has 0 spiro atoms. The van der Waals surface area contributed by atoms with Gasteiger partial charge in [0.1, 0.15) is 5.75 Å². The van der Waals surface area contributed by atoms with Crippen molar-refractivity contribution in [1.82, 2.24) is 10.2 Å². The Morgan fingerprint density at radius 2 is 2.05 bits per heavy atom. The fourth-order valence-electron chi connectivity index (χ4n) is 1.84. The molecule has 0 aliphatic carbocycles. The average molecular weight is 306 g/mol. The molecule has 100 valence electrons. The van der Waals surface area contributed by atoms with Gasteiger partial charge in [0.2, 0.25) is 0 Å². The highest BCUT2D eigenvalue weighted by Crippen LogP contribution is 2.30. The van der Waals surface area contributed by atoms with Crippen molar-refractivity contribution in [3.63, 3.8) is 0 Å². The fraction of sp³-hybridized carbons (Fsp3) is 0. The molecule has 0 unspecified atom stereocenters. The first-order valence-electron chi connectivity index (χ1n) is 5.79. The number of phenolic OH excluding ortho intramolecular Hbond substituents is 1. The largest absolute Gasteiger partial charge is 0.506 e. The van der Waals surface area contributed by atoms with Crippen LogP contribution in [0, 0.1) is 0 Å². The number of benzene rings is 2. The lowest BCUT2D eigenvalue weighted by molar-refractivity contribution is 0.475. The highest BCUT2D eigenvalue weighted by Gasteiger charge is 2.06. The lowest BCUT2D eigenvalue weighted by Gasteiger charge is -2.02. The third kappa shape index (κ3) is 2.48. The summed E-state index contributed by atoms with van der Waals surface area (Å²) in [5.74, 6) is -0.0378. The van der Waals surface area contributed by atoms with Crippen LogP contribution in [0.3, 0.4) is 0 Å². The number of aliphatic imine (C=N–C) groups is 1. The van der Waals surface area contributed by atoms with Gasteiger partial charge in [-0.15, -0.1) is 0 Å². The van der Waals surface area contributed by atoms with Crippen molar-refractivity contribution in [3.05, 3.63) is 52.1 Å². The zero-order valence-electron chi connectivity index (χ0n) is 10.1. The minimum Gasteiger partial charge on any atom is -0.506 e. The lowest BCUT2D eigenvalue weighted by atomic mass is 10.2. The third-order valence-corrected chi connectivity index (χ3v) is 3.34. The molecule has 0 bridgehead atoms. The predicted molar refractivity (Wildman–Crippen MR) is 81.5 cm³/mol. The molecule has 0 radical (unpaired) electrons. The number of rotatable bonds is 2. The van der Waals surface area contributed by atoms with Gasteiger partial charge in [-0.05, 0) is 30.3 Å². The van der Waals surface area contributed by atoms with Gasteiger partial charge in [0.15, 0.2) is 0 Å². The molecule has 0 aliphatic rings. The zero-order chi connectivity index (χ0) is 14.1. The molecule has 3 aromatic rings. The number of nitrogens with zero attached hydrogens (tertiary/aromatic N) is 2. The maximum Gasteiger partial charge on any atom is 0.143 e. The second kappa shape index (κ2) is 5.15. The summed E-state index contributed by atoms with van der Waals surface area (Å²) in [5, 5.41) is 18.3. The van der Waals surface area contributed by atoms with Crippen molar-refractivity contribution in [2.45, 2.75) is 0 Å². The standard InChI is InChI=1S/C14H9Cl2N3O/c15-10-3-9(14(20)12(16)5-10)6-17-11-1-2-13-8(4-11)7-18-19-13/h1-7,20H,(H,18,19). The summed E-state index contributed by atoms with van der Waals surface area (Å²) >= 11 is 11.8. The molecule has 0 amide bonds. The Bertz CT molecular complexity index is 811. The summed E-state index contributed by atoms with van der Waals surface area (Å²) in [6.45, 7) is 0. The Balaban J connectivity index is 1.97. The molecule has 0 saturated heterocycles. The van der Waals surface area contributed by atoms with E-state index in [-0.39, 0.29) is 10.8 Å². The van der Waals surface area contributed by atoms with Crippen LogP contribution in [0.5, 0.6) is 5.75 Å². The van der Waals surface area contributed by atoms with Gasteiger partial charge in [0.05, 0.1) is 22.4 Å². The zero-order valence-corrected chi connectivity index (χ0v) is 11.7. The first kappa shape index (κ1) is 13.0. The van der Waals surface area contributed by atoms with Gasteiger partial charge >= 0.3 is 0 Å². The average Bonchev–Trinajstić information content (AvgIpc) is 2.88. The number of nitrogens with one attached hydrogen (secondary N) is 1. The van der Waals surface area contributed by atoms with Gasteiger partial charge in [0, 0.05) is 22.2 Å². The van der Waals surface area contributed by atoms with Crippen molar-refractivity contribution < 1.29 is 5.11 Å². The molecule has 20 heavy (non-hydrogen) atoms. The van der Waals surface area contributed by atoms with E-state index < -0.39 is 0 Å². The minimum atomic E-state index is -0.0378. The molecular weight excluding hydrogens is 297 g/mol. The third-order valence-electron chi connectivity index (χ3n) is 2.83. The molecule has 6 heteroatoms. The van der Waals surface area contributed by atoms with Crippen molar-refractivity contribution in [3.8, 4) is 5.75 Å². The Labute approximate surface area is 124 Å². The van der Waals surface area contributed by atoms with Gasteiger partial charge in [-0.3, -0.25) is 10.1 Å². The van der Waals surface area contributed by atoms with Gasteiger partial charge in [0.25, 0.3) is 0 Å². The fourth-order valence-corrected chi connectivity index (χ4v) is 2.35. The Morgan fingerprint density at radius 3 is 2.90 bits per heavy atom. The van der Waals surface area contributed by atoms with Crippen LogP contribution in [0.1, 0.15) is 5.56 Å². The highest BCUT2D eigenvalue weighted by atomic mass is 35.5. The van der Waals surface area contributed by atoms with E-state index in [4.69, 9.17) is 23.2 Å². The summed E-state index contributed by atoms with van der Waals surface area (Å²) in [5.41, 5.74) is 2.15. The molecule has 2 aromatic carbocycles. The molecule has 0 aliphatic heterocycles. The number of H-pyrrole nitrogens is 1. The number of fused-ring (bicyclic) bond motifs is 1. The maximum atomic E-state index is 9.84. The van der Waals surface area contributed by atoms with Crippen LogP contribution in [-0.2, 0) is 0 Å². The van der Waals surface area contributed by atoms with E-state index in [1.54, 1.807) is 12.3 Å². The summed E-state index contributed by atoms with van der Waals surface area (Å²) in [6.07, 6.45) is 3.25. The molecular formula is C14H9Cl2N3O. The van der Waals surface area contributed by atoms with Crippen LogP contribution in [0.2, 0.25) is 10.0 Å². The first-order chi connectivity index (χ1) is 9.63. The molecule has 4 nitrogen and oxygen atoms in total. The quantitative estimate of drug-likeness (QED) is 0.692. The van der Waals surface area contributed by atoms with Gasteiger partial charge in [-0.2, -0.15) is 5.10 Å². The second-order valence-corrected chi connectivity index (χ2v) is 5.07. The number of halogens is 2. The summed E-state index contributed by atoms with van der Waals surface area (Å²) in [4.78, 5) is 4.31. The van der Waals surface area contributed by atoms with E-state index in [1.165, 1.54) is 12.3 Å². The summed E-state index contributed by atoms with van der Waals surface area (Å²) in [6, 6.07) is 8.70. The number of hydrogen-bond acceptors (Lipinski definition) is 3. The van der Waals surface area contributed by atoms with Crippen molar-refractivity contribution in [2.75, 3.05) is 0 Å². The molecule has 1 heterocycles. The van der Waals surface area contributed by atoms with E-state index >= 15 is 0 Å². The lowest BCUT2D eigenvalue weighted by Crippen LogP contribution is -1.84. The van der Waals surface area contributed by atoms with E-state index in [0.29, 0.717) is 10.6 Å². The number of aromatic hydroxyl groups is 1. The highest BCUT2D eigenvalue weighted by molar-refractivity contribution is 6.36. The van der Waals surface area contributed by atoms with Crippen molar-refractivity contribution in [2.24, 2.45) is 4.99 Å². The van der Waals surface area contributed by atoms with Gasteiger partial charge < -0.3 is 5.11 Å². The van der Waals surface area contributed by atoms with Crippen molar-refractivity contribution in [1.29, 1.82) is 0 Å². The van der Waals surface area contributed by atoms with Crippen LogP contribution < -0.4 is 0 Å². The summed E-state index contributed by atoms with van der Waals surface area (Å²) in [7, 11) is 0. The SMILES string of the molecule is Oc1c(Cl)cc(Cl)cc1C=Nc1ccc2[nH]ncc2c1. The summed E-state index contributed by atoms with van der Waals surface area (Å²) < 4.78 is 0. The Hall–Kier alpha value is -2.04. The van der Waals surface area contributed by atoms with Crippen LogP contribution in [-0.4, -0.2) is 21.5 Å². The second-order valence-electron chi connectivity index (χ2n) is 4.23.